The Bertz CT molecular complexity index is 613. The molecule has 21 heavy (non-hydrogen) atoms. The van der Waals surface area contributed by atoms with E-state index in [9.17, 15) is 4.79 Å². The monoisotopic (exact) mass is 288 g/mol. The number of aliphatic hydroxyl groups is 1. The van der Waals surface area contributed by atoms with E-state index in [1.165, 1.54) is 0 Å². The van der Waals surface area contributed by atoms with Crippen molar-refractivity contribution in [2.75, 3.05) is 26.4 Å². The number of aryl methyl sites for hydroxylation is 1. The van der Waals surface area contributed by atoms with Gasteiger partial charge < -0.3 is 15.2 Å². The molecule has 5 heteroatoms. The van der Waals surface area contributed by atoms with Gasteiger partial charge in [-0.25, -0.2) is 0 Å². The number of pyridine rings is 1. The van der Waals surface area contributed by atoms with Crippen LogP contribution >= 0.6 is 0 Å². The minimum atomic E-state index is -0.0983. The number of para-hydroxylation sites is 1. The third-order valence-electron chi connectivity index (χ3n) is 3.08. The topological polar surface area (TPSA) is 71.5 Å². The minimum absolute atomic E-state index is 0.0225. The molecule has 0 unspecified atom stereocenters. The van der Waals surface area contributed by atoms with Gasteiger partial charge in [0.15, 0.2) is 0 Å². The van der Waals surface area contributed by atoms with Crippen molar-refractivity contribution >= 4 is 16.8 Å². The van der Waals surface area contributed by atoms with Gasteiger partial charge >= 0.3 is 0 Å². The van der Waals surface area contributed by atoms with Gasteiger partial charge in [0, 0.05) is 24.2 Å². The molecule has 0 aliphatic rings. The Labute approximate surface area is 124 Å². The lowest BCUT2D eigenvalue weighted by Gasteiger charge is -2.09. The first kappa shape index (κ1) is 15.4. The van der Waals surface area contributed by atoms with E-state index >= 15 is 0 Å². The van der Waals surface area contributed by atoms with Gasteiger partial charge in [-0.15, -0.1) is 0 Å². The van der Waals surface area contributed by atoms with Crippen LogP contribution in [0.15, 0.2) is 30.3 Å². The molecule has 2 aromatic rings. The van der Waals surface area contributed by atoms with Crippen molar-refractivity contribution in [3.63, 3.8) is 0 Å². The highest BCUT2D eigenvalue weighted by atomic mass is 16.5. The number of hydrogen-bond donors (Lipinski definition) is 2. The van der Waals surface area contributed by atoms with Crippen LogP contribution in [0, 0.1) is 6.92 Å². The summed E-state index contributed by atoms with van der Waals surface area (Å²) >= 11 is 0. The summed E-state index contributed by atoms with van der Waals surface area (Å²) in [5.41, 5.74) is 2.30. The Kier molecular flexibility index (Phi) is 5.66. The molecule has 0 radical (unpaired) electrons. The molecule has 1 aromatic carbocycles. The molecule has 5 nitrogen and oxygen atoms in total. The van der Waals surface area contributed by atoms with E-state index in [0.29, 0.717) is 31.7 Å². The van der Waals surface area contributed by atoms with Crippen LogP contribution in [-0.2, 0) is 4.74 Å². The van der Waals surface area contributed by atoms with E-state index < -0.39 is 0 Å². The van der Waals surface area contributed by atoms with Crippen molar-refractivity contribution < 1.29 is 14.6 Å². The second-order valence-electron chi connectivity index (χ2n) is 4.77. The number of ether oxygens (including phenoxy) is 1. The maximum absolute atomic E-state index is 12.3. The summed E-state index contributed by atoms with van der Waals surface area (Å²) in [5.74, 6) is -0.0983. The lowest BCUT2D eigenvalue weighted by Crippen LogP contribution is -2.25. The predicted octanol–water partition coefficient (Wildman–Crippen LogP) is 1.67. The molecule has 0 aliphatic carbocycles. The van der Waals surface area contributed by atoms with Crippen LogP contribution in [0.25, 0.3) is 10.9 Å². The fourth-order valence-corrected chi connectivity index (χ4v) is 2.13. The van der Waals surface area contributed by atoms with E-state index in [4.69, 9.17) is 9.84 Å². The lowest BCUT2D eigenvalue weighted by molar-refractivity contribution is 0.0868. The van der Waals surface area contributed by atoms with Crippen LogP contribution < -0.4 is 5.32 Å². The first-order valence-electron chi connectivity index (χ1n) is 7.05. The second kappa shape index (κ2) is 7.71. The molecule has 0 aliphatic heterocycles. The number of nitrogens with one attached hydrogen (secondary N) is 1. The number of carbonyl (C=O) groups excluding carboxylic acids is 1. The SMILES string of the molecule is Cc1cc(C(=O)NCCCOCCO)c2ccccc2n1. The Hall–Kier alpha value is -1.98. The molecule has 0 bridgehead atoms. The van der Waals surface area contributed by atoms with E-state index in [1.807, 2.05) is 31.2 Å². The maximum Gasteiger partial charge on any atom is 0.252 e. The summed E-state index contributed by atoms with van der Waals surface area (Å²) in [6.07, 6.45) is 0.716. The number of hydrogen-bond acceptors (Lipinski definition) is 4. The van der Waals surface area contributed by atoms with E-state index in [0.717, 1.165) is 16.6 Å². The summed E-state index contributed by atoms with van der Waals surface area (Å²) in [7, 11) is 0. The summed E-state index contributed by atoms with van der Waals surface area (Å²) in [4.78, 5) is 16.7. The first-order chi connectivity index (χ1) is 10.2. The second-order valence-corrected chi connectivity index (χ2v) is 4.77. The quantitative estimate of drug-likeness (QED) is 0.760. The molecule has 0 fully saturated rings. The average Bonchev–Trinajstić information content (AvgIpc) is 2.49. The van der Waals surface area contributed by atoms with Crippen LogP contribution in [-0.4, -0.2) is 42.4 Å². The van der Waals surface area contributed by atoms with Crippen LogP contribution in [0.2, 0.25) is 0 Å². The highest BCUT2D eigenvalue weighted by Gasteiger charge is 2.11. The Balaban J connectivity index is 1.99. The van der Waals surface area contributed by atoms with E-state index in [2.05, 4.69) is 10.3 Å². The smallest absolute Gasteiger partial charge is 0.252 e. The fraction of sp³-hybridized carbons (Fsp3) is 0.375. The molecule has 0 saturated heterocycles. The van der Waals surface area contributed by atoms with Crippen LogP contribution in [0.4, 0.5) is 0 Å². The number of aliphatic hydroxyl groups excluding tert-OH is 1. The standard InChI is InChI=1S/C16H20N2O3/c1-12-11-14(13-5-2-3-6-15(13)18-12)16(20)17-7-4-9-21-10-8-19/h2-3,5-6,11,19H,4,7-10H2,1H3,(H,17,20). The van der Waals surface area contributed by atoms with Crippen LogP contribution in [0.3, 0.4) is 0 Å². The molecule has 0 saturated carbocycles. The summed E-state index contributed by atoms with van der Waals surface area (Å²) < 4.78 is 5.15. The zero-order chi connectivity index (χ0) is 15.1. The summed E-state index contributed by atoms with van der Waals surface area (Å²) in [6, 6.07) is 9.43. The molecule has 1 heterocycles. The molecule has 2 rings (SSSR count). The van der Waals surface area contributed by atoms with Crippen LogP contribution in [0.5, 0.6) is 0 Å². The lowest BCUT2D eigenvalue weighted by atomic mass is 10.1. The number of amides is 1. The molecular formula is C16H20N2O3. The third kappa shape index (κ3) is 4.24. The summed E-state index contributed by atoms with van der Waals surface area (Å²) in [6.45, 7) is 3.31. The molecule has 1 amide bonds. The number of fused-ring (bicyclic) bond motifs is 1. The van der Waals surface area contributed by atoms with Gasteiger partial charge in [0.2, 0.25) is 0 Å². The van der Waals surface area contributed by atoms with Crippen molar-refractivity contribution in [3.8, 4) is 0 Å². The minimum Gasteiger partial charge on any atom is -0.394 e. The normalized spacial score (nSPS) is 10.8. The predicted molar refractivity (Wildman–Crippen MR) is 81.3 cm³/mol. The van der Waals surface area contributed by atoms with Gasteiger partial charge in [0.05, 0.1) is 24.3 Å². The molecule has 2 N–H and O–H groups in total. The first-order valence-corrected chi connectivity index (χ1v) is 7.05. The fourth-order valence-electron chi connectivity index (χ4n) is 2.13. The summed E-state index contributed by atoms with van der Waals surface area (Å²) in [5, 5.41) is 12.3. The van der Waals surface area contributed by atoms with Gasteiger partial charge in [-0.05, 0) is 25.5 Å². The van der Waals surface area contributed by atoms with E-state index in [-0.39, 0.29) is 12.5 Å². The molecule has 0 atom stereocenters. The van der Waals surface area contributed by atoms with Crippen molar-refractivity contribution in [3.05, 3.63) is 41.6 Å². The Morgan fingerprint density at radius 1 is 1.33 bits per heavy atom. The molecule has 0 spiro atoms. The maximum atomic E-state index is 12.3. The van der Waals surface area contributed by atoms with Gasteiger partial charge in [-0.3, -0.25) is 9.78 Å². The zero-order valence-electron chi connectivity index (χ0n) is 12.1. The van der Waals surface area contributed by atoms with Gasteiger partial charge in [0.25, 0.3) is 5.91 Å². The van der Waals surface area contributed by atoms with Gasteiger partial charge in [-0.2, -0.15) is 0 Å². The Morgan fingerprint density at radius 2 is 2.14 bits per heavy atom. The van der Waals surface area contributed by atoms with Crippen LogP contribution in [0.1, 0.15) is 22.5 Å². The van der Waals surface area contributed by atoms with Gasteiger partial charge in [0.1, 0.15) is 0 Å². The molecule has 1 aromatic heterocycles. The number of rotatable bonds is 7. The van der Waals surface area contributed by atoms with Crippen molar-refractivity contribution in [1.82, 2.24) is 10.3 Å². The number of aromatic nitrogens is 1. The number of nitrogens with zero attached hydrogens (tertiary/aromatic N) is 1. The number of benzene rings is 1. The van der Waals surface area contributed by atoms with Crippen molar-refractivity contribution in [2.45, 2.75) is 13.3 Å². The molecular weight excluding hydrogens is 268 g/mol. The zero-order valence-corrected chi connectivity index (χ0v) is 12.1. The Morgan fingerprint density at radius 3 is 2.95 bits per heavy atom. The van der Waals surface area contributed by atoms with Crippen molar-refractivity contribution in [2.24, 2.45) is 0 Å². The molecule has 112 valence electrons. The van der Waals surface area contributed by atoms with Gasteiger partial charge in [-0.1, -0.05) is 18.2 Å². The highest BCUT2D eigenvalue weighted by molar-refractivity contribution is 6.06. The average molecular weight is 288 g/mol. The number of carbonyl (C=O) groups is 1. The van der Waals surface area contributed by atoms with E-state index in [1.54, 1.807) is 6.07 Å². The van der Waals surface area contributed by atoms with Crippen molar-refractivity contribution in [1.29, 1.82) is 0 Å². The highest BCUT2D eigenvalue weighted by Crippen LogP contribution is 2.17. The third-order valence-corrected chi connectivity index (χ3v) is 3.08. The largest absolute Gasteiger partial charge is 0.394 e.